The second-order valence-electron chi connectivity index (χ2n) is 21.1. The van der Waals surface area contributed by atoms with Gasteiger partial charge in [0.1, 0.15) is 5.82 Å². The van der Waals surface area contributed by atoms with Crippen LogP contribution in [0.2, 0.25) is 0 Å². The first kappa shape index (κ1) is 47.8. The first-order chi connectivity index (χ1) is 35.1. The van der Waals surface area contributed by atoms with Crippen molar-refractivity contribution in [3.63, 3.8) is 0 Å². The molecule has 0 aliphatic carbocycles. The Hall–Kier alpha value is -6.47. The molecule has 0 spiro atoms. The molecule has 11 heteroatoms. The van der Waals surface area contributed by atoms with E-state index >= 15 is 0 Å². The monoisotopic (exact) mass is 960 g/mol. The molecule has 5 aliphatic rings. The molecule has 0 saturated heterocycles. The third-order valence-corrected chi connectivity index (χ3v) is 16.0. The van der Waals surface area contributed by atoms with E-state index in [1.165, 1.54) is 140 Å². The topological polar surface area (TPSA) is 75.5 Å². The van der Waals surface area contributed by atoms with Gasteiger partial charge in [-0.3, -0.25) is 4.90 Å². The number of aryl methyl sites for hydroxylation is 2. The zero-order valence-corrected chi connectivity index (χ0v) is 43.7. The van der Waals surface area contributed by atoms with Crippen LogP contribution in [-0.4, -0.2) is 121 Å². The van der Waals surface area contributed by atoms with Crippen molar-refractivity contribution < 1.29 is 0 Å². The molecule has 0 unspecified atom stereocenters. The third kappa shape index (κ3) is 9.52. The quantitative estimate of drug-likeness (QED) is 0.158. The number of rotatable bonds is 0. The van der Waals surface area contributed by atoms with Crippen molar-refractivity contribution in [3.8, 4) is 0 Å². The lowest BCUT2D eigenvalue weighted by molar-refractivity contribution is 0.267. The number of likely N-dealkylation sites (N-methyl/N-ethyl adjacent to an activating group) is 5. The summed E-state index contributed by atoms with van der Waals surface area (Å²) in [6.45, 7) is 12.2. The van der Waals surface area contributed by atoms with Gasteiger partial charge in [0.05, 0.1) is 17.6 Å². The minimum absolute atomic E-state index is 0.967. The lowest BCUT2D eigenvalue weighted by atomic mass is 10.0. The molecule has 0 fully saturated rings. The zero-order chi connectivity index (χ0) is 49.5. The summed E-state index contributed by atoms with van der Waals surface area (Å²) in [5.74, 6) is 1.19. The van der Waals surface area contributed by atoms with E-state index in [0.29, 0.717) is 0 Å². The summed E-state index contributed by atoms with van der Waals surface area (Å²) in [5.41, 5.74) is 19.7. The van der Waals surface area contributed by atoms with Crippen molar-refractivity contribution in [2.45, 2.75) is 65.0 Å². The van der Waals surface area contributed by atoms with Gasteiger partial charge >= 0.3 is 0 Å². The van der Waals surface area contributed by atoms with Gasteiger partial charge in [-0.15, -0.1) is 0 Å². The number of hydrogen-bond donors (Lipinski definition) is 2. The molecule has 10 aromatic rings. The average Bonchev–Trinajstić information content (AvgIpc) is 4.20. The average molecular weight is 960 g/mol. The molecule has 0 amide bonds. The highest BCUT2D eigenvalue weighted by atomic mass is 15.2. The van der Waals surface area contributed by atoms with E-state index in [0.717, 1.165) is 57.8 Å². The molecule has 5 aromatic carbocycles. The Morgan fingerprint density at radius 2 is 0.847 bits per heavy atom. The molecule has 372 valence electrons. The Kier molecular flexibility index (Phi) is 13.7. The zero-order valence-electron chi connectivity index (χ0n) is 43.7. The number of H-pyrrole nitrogens is 2. The molecule has 2 N–H and O–H groups in total. The highest BCUT2D eigenvalue weighted by molar-refractivity contribution is 5.88. The molecule has 72 heavy (non-hydrogen) atoms. The third-order valence-electron chi connectivity index (χ3n) is 16.0. The minimum Gasteiger partial charge on any atom is -0.358 e. The Morgan fingerprint density at radius 1 is 0.361 bits per heavy atom. The number of fused-ring (bicyclic) bond motifs is 15. The molecule has 10 heterocycles. The molecular formula is C61H73N11. The van der Waals surface area contributed by atoms with Gasteiger partial charge < -0.3 is 43.3 Å². The number of hydrogen-bond acceptors (Lipinski definition) is 6. The van der Waals surface area contributed by atoms with Crippen molar-refractivity contribution >= 4 is 54.6 Å². The molecule has 15 rings (SSSR count). The van der Waals surface area contributed by atoms with Gasteiger partial charge in [0.2, 0.25) is 0 Å². The predicted molar refractivity (Wildman–Crippen MR) is 299 cm³/mol. The first-order valence-electron chi connectivity index (χ1n) is 26.2. The van der Waals surface area contributed by atoms with Crippen molar-refractivity contribution in [2.75, 3.05) is 68.0 Å². The molecule has 0 bridgehead atoms. The van der Waals surface area contributed by atoms with Crippen molar-refractivity contribution in [1.29, 1.82) is 0 Å². The van der Waals surface area contributed by atoms with E-state index < -0.39 is 0 Å². The summed E-state index contributed by atoms with van der Waals surface area (Å²) < 4.78 is 7.04. The van der Waals surface area contributed by atoms with E-state index in [-0.39, 0.29) is 0 Å². The molecule has 5 aliphatic heterocycles. The summed E-state index contributed by atoms with van der Waals surface area (Å²) in [7, 11) is 15.3. The maximum atomic E-state index is 4.62. The maximum Gasteiger partial charge on any atom is 0.124 e. The number of imidazole rings is 1. The fourth-order valence-electron chi connectivity index (χ4n) is 12.0. The highest BCUT2D eigenvalue weighted by Crippen LogP contribution is 2.32. The maximum absolute atomic E-state index is 4.62. The largest absolute Gasteiger partial charge is 0.358 e. The van der Waals surface area contributed by atoms with E-state index in [1.807, 2.05) is 6.07 Å². The Labute approximate surface area is 425 Å². The van der Waals surface area contributed by atoms with Gasteiger partial charge in [-0.1, -0.05) is 84.9 Å². The number of nitrogens with zero attached hydrogens (tertiary/aromatic N) is 9. The summed E-state index contributed by atoms with van der Waals surface area (Å²) >= 11 is 0. The van der Waals surface area contributed by atoms with Crippen molar-refractivity contribution in [2.24, 2.45) is 14.1 Å². The number of aromatic amines is 2. The van der Waals surface area contributed by atoms with Gasteiger partial charge in [-0.05, 0) is 107 Å². The summed E-state index contributed by atoms with van der Waals surface area (Å²) in [4.78, 5) is 23.5. The minimum atomic E-state index is 0.967. The lowest BCUT2D eigenvalue weighted by Crippen LogP contribution is -2.30. The fraction of sp³-hybridized carbons (Fsp3) is 0.361. The van der Waals surface area contributed by atoms with Crippen LogP contribution >= 0.6 is 0 Å². The van der Waals surface area contributed by atoms with Crippen LogP contribution in [-0.2, 0) is 79.0 Å². The molecule has 5 aromatic heterocycles. The number of benzene rings is 5. The van der Waals surface area contributed by atoms with Crippen molar-refractivity contribution in [1.82, 2.24) is 53.2 Å². The molecule has 0 radical (unpaired) electrons. The first-order valence-corrected chi connectivity index (χ1v) is 26.2. The van der Waals surface area contributed by atoms with Crippen LogP contribution in [0.1, 0.15) is 50.9 Å². The molecule has 11 nitrogen and oxygen atoms in total. The Balaban J connectivity index is 0.0000000973. The van der Waals surface area contributed by atoms with Crippen molar-refractivity contribution in [3.05, 3.63) is 172 Å². The van der Waals surface area contributed by atoms with Crippen LogP contribution in [0.15, 0.2) is 121 Å². The van der Waals surface area contributed by atoms with Gasteiger partial charge in [0.25, 0.3) is 0 Å². The van der Waals surface area contributed by atoms with Gasteiger partial charge in [-0.2, -0.15) is 0 Å². The van der Waals surface area contributed by atoms with Crippen LogP contribution < -0.4 is 0 Å². The lowest BCUT2D eigenvalue weighted by Gasteiger charge is -2.23. The van der Waals surface area contributed by atoms with Crippen LogP contribution in [0.25, 0.3) is 54.6 Å². The fourth-order valence-corrected chi connectivity index (χ4v) is 12.0. The SMILES string of the molecule is CN1CCc2[nH]c3ccccc3c2C1.CN1CCc2c([nH]c3ccccc23)C1.CN1CCc2c(c3ccccc3n2C)C1.CN1CCc2c(n(C)c3ccccc23)C1.CN1CCn2c(nc3ccccc32)C1. The molecule has 0 atom stereocenters. The van der Waals surface area contributed by atoms with E-state index in [9.17, 15) is 0 Å². The second-order valence-corrected chi connectivity index (χ2v) is 21.1. The smallest absolute Gasteiger partial charge is 0.124 e. The predicted octanol–water partition coefficient (Wildman–Crippen LogP) is 10.1. The normalized spacial score (nSPS) is 17.1. The van der Waals surface area contributed by atoms with E-state index in [4.69, 9.17) is 0 Å². The van der Waals surface area contributed by atoms with Crippen LogP contribution in [0.5, 0.6) is 0 Å². The van der Waals surface area contributed by atoms with Gasteiger partial charge in [0.15, 0.2) is 0 Å². The van der Waals surface area contributed by atoms with Crippen LogP contribution in [0.4, 0.5) is 0 Å². The second kappa shape index (κ2) is 20.6. The Morgan fingerprint density at radius 3 is 1.56 bits per heavy atom. The molecule has 0 saturated carbocycles. The van der Waals surface area contributed by atoms with Crippen LogP contribution in [0, 0.1) is 0 Å². The van der Waals surface area contributed by atoms with E-state index in [1.54, 1.807) is 5.56 Å². The standard InChI is InChI=1S/2C13H16N2.2C12H14N2.C11H13N3/c1-14-8-7-13-11(9-14)10-5-3-4-6-12(10)15(13)2;1-14-8-7-11-10-5-3-4-6-12(10)15(2)13(11)9-14;1-14-7-6-12-10(8-14)9-4-2-3-5-11(9)13-12;1-14-7-6-10-9-4-2-3-5-11(9)13-12(10)8-14;1-13-6-7-14-10-5-3-2-4-9(10)12-11(14)8-13/h2*3-6H,7-9H2,1-2H3;2*2-5,13H,6-8H2,1H3;2-5H,6-8H2,1H3. The van der Waals surface area contributed by atoms with Crippen LogP contribution in [0.3, 0.4) is 0 Å². The number of aromatic nitrogens is 6. The summed E-state index contributed by atoms with van der Waals surface area (Å²) in [5, 5.41) is 5.69. The van der Waals surface area contributed by atoms with Gasteiger partial charge in [0, 0.05) is 159 Å². The van der Waals surface area contributed by atoms with E-state index in [2.05, 4.69) is 218 Å². The highest BCUT2D eigenvalue weighted by Gasteiger charge is 2.23. The summed E-state index contributed by atoms with van der Waals surface area (Å²) in [6, 6.07) is 43.0. The molecular weight excluding hydrogens is 887 g/mol. The van der Waals surface area contributed by atoms with Gasteiger partial charge in [-0.25, -0.2) is 4.98 Å². The number of para-hydroxylation sites is 6. The number of nitrogens with one attached hydrogen (secondary N) is 2. The Bertz CT molecular complexity index is 3400. The summed E-state index contributed by atoms with van der Waals surface area (Å²) in [6.07, 6.45) is 4.70.